The Balaban J connectivity index is 2.39. The first-order valence-corrected chi connectivity index (χ1v) is 6.21. The summed E-state index contributed by atoms with van der Waals surface area (Å²) in [6.07, 6.45) is 4.25. The van der Waals surface area contributed by atoms with E-state index in [2.05, 4.69) is 5.32 Å². The number of nitrogens with two attached hydrogens (primary N) is 1. The minimum atomic E-state index is -0.699. The number of hydrogen-bond acceptors (Lipinski definition) is 3. The third kappa shape index (κ3) is 3.46. The van der Waals surface area contributed by atoms with Crippen molar-refractivity contribution in [2.75, 3.05) is 6.54 Å². The summed E-state index contributed by atoms with van der Waals surface area (Å²) < 4.78 is 0. The smallest absolute Gasteiger partial charge is 0.240 e. The highest BCUT2D eigenvalue weighted by molar-refractivity contribution is 5.86. The zero-order chi connectivity index (χ0) is 12.2. The van der Waals surface area contributed by atoms with Gasteiger partial charge in [0.1, 0.15) is 0 Å². The topological polar surface area (TPSA) is 75.3 Å². The molecule has 0 aromatic carbocycles. The molecule has 1 atom stereocenters. The molecule has 1 amide bonds. The van der Waals surface area contributed by atoms with Gasteiger partial charge < -0.3 is 16.2 Å². The third-order valence-corrected chi connectivity index (χ3v) is 3.44. The molecular weight excluding hydrogens is 204 g/mol. The van der Waals surface area contributed by atoms with Crippen molar-refractivity contribution in [3.8, 4) is 0 Å². The molecular formula is C12H24N2O2. The minimum absolute atomic E-state index is 0.105. The molecule has 1 saturated carbocycles. The van der Waals surface area contributed by atoms with Gasteiger partial charge in [-0.1, -0.05) is 33.1 Å². The number of carbonyl (C=O) groups is 1. The van der Waals surface area contributed by atoms with Gasteiger partial charge >= 0.3 is 0 Å². The summed E-state index contributed by atoms with van der Waals surface area (Å²) in [6.45, 7) is 4.15. The molecule has 1 aliphatic carbocycles. The van der Waals surface area contributed by atoms with E-state index < -0.39 is 11.6 Å². The molecule has 1 rings (SSSR count). The summed E-state index contributed by atoms with van der Waals surface area (Å²) in [5.41, 5.74) is 5.37. The first-order valence-electron chi connectivity index (χ1n) is 6.21. The highest BCUT2D eigenvalue weighted by Gasteiger charge is 2.35. The summed E-state index contributed by atoms with van der Waals surface area (Å²) in [7, 11) is 0. The lowest BCUT2D eigenvalue weighted by Gasteiger charge is -2.32. The van der Waals surface area contributed by atoms with E-state index in [1.807, 2.05) is 13.8 Å². The Labute approximate surface area is 97.6 Å². The Morgan fingerprint density at radius 3 is 2.44 bits per heavy atom. The molecule has 0 aromatic heterocycles. The van der Waals surface area contributed by atoms with Crippen molar-refractivity contribution >= 4 is 5.91 Å². The maximum atomic E-state index is 11.9. The minimum Gasteiger partial charge on any atom is -0.391 e. The molecule has 16 heavy (non-hydrogen) atoms. The predicted molar refractivity (Wildman–Crippen MR) is 63.9 cm³/mol. The van der Waals surface area contributed by atoms with Gasteiger partial charge in [0.15, 0.2) is 0 Å². The molecule has 0 aromatic rings. The van der Waals surface area contributed by atoms with E-state index in [1.165, 1.54) is 6.42 Å². The fraction of sp³-hybridized carbons (Fsp3) is 0.917. The first-order chi connectivity index (χ1) is 7.46. The number of rotatable bonds is 4. The molecule has 1 aliphatic rings. The van der Waals surface area contributed by atoms with Crippen LogP contribution in [0.4, 0.5) is 0 Å². The number of carbonyl (C=O) groups excluding carboxylic acids is 1. The summed E-state index contributed by atoms with van der Waals surface area (Å²) >= 11 is 0. The average molecular weight is 228 g/mol. The Morgan fingerprint density at radius 2 is 1.94 bits per heavy atom. The van der Waals surface area contributed by atoms with Crippen molar-refractivity contribution in [1.82, 2.24) is 5.32 Å². The predicted octanol–water partition coefficient (Wildman–Crippen LogP) is 0.781. The van der Waals surface area contributed by atoms with Gasteiger partial charge in [0.05, 0.1) is 11.6 Å². The van der Waals surface area contributed by atoms with Gasteiger partial charge in [0.25, 0.3) is 0 Å². The highest BCUT2D eigenvalue weighted by atomic mass is 16.3. The molecule has 1 fully saturated rings. The molecule has 0 bridgehead atoms. The van der Waals surface area contributed by atoms with Gasteiger partial charge in [-0.15, -0.1) is 0 Å². The van der Waals surface area contributed by atoms with Crippen LogP contribution in [0.25, 0.3) is 0 Å². The van der Waals surface area contributed by atoms with Gasteiger partial charge in [-0.25, -0.2) is 0 Å². The van der Waals surface area contributed by atoms with Crippen molar-refractivity contribution in [3.63, 3.8) is 0 Å². The van der Waals surface area contributed by atoms with Crippen LogP contribution in [0.5, 0.6) is 0 Å². The molecule has 4 N–H and O–H groups in total. The van der Waals surface area contributed by atoms with E-state index >= 15 is 0 Å². The van der Waals surface area contributed by atoms with E-state index in [0.29, 0.717) is 6.54 Å². The fourth-order valence-corrected chi connectivity index (χ4v) is 2.02. The molecule has 0 heterocycles. The zero-order valence-electron chi connectivity index (χ0n) is 10.3. The second kappa shape index (κ2) is 5.64. The number of nitrogens with one attached hydrogen (secondary N) is 1. The van der Waals surface area contributed by atoms with Gasteiger partial charge in [0.2, 0.25) is 5.91 Å². The molecule has 0 aliphatic heterocycles. The van der Waals surface area contributed by atoms with Crippen LogP contribution in [0, 0.1) is 5.92 Å². The lowest BCUT2D eigenvalue weighted by atomic mass is 9.82. The zero-order valence-corrected chi connectivity index (χ0v) is 10.3. The number of amides is 1. The SMILES string of the molecule is CC(C)C(O)CNC(=O)C1(N)CCCCC1. The average Bonchev–Trinajstić information content (AvgIpc) is 2.26. The number of aliphatic hydroxyl groups excluding tert-OH is 1. The largest absolute Gasteiger partial charge is 0.391 e. The lowest BCUT2D eigenvalue weighted by Crippen LogP contribution is -2.56. The van der Waals surface area contributed by atoms with Crippen LogP contribution in [0.15, 0.2) is 0 Å². The van der Waals surface area contributed by atoms with Crippen LogP contribution < -0.4 is 11.1 Å². The van der Waals surface area contributed by atoms with E-state index in [9.17, 15) is 9.90 Å². The van der Waals surface area contributed by atoms with Crippen molar-refractivity contribution in [1.29, 1.82) is 0 Å². The van der Waals surface area contributed by atoms with E-state index in [4.69, 9.17) is 5.73 Å². The first kappa shape index (κ1) is 13.5. The Kier molecular flexibility index (Phi) is 4.74. The van der Waals surface area contributed by atoms with Crippen LogP contribution in [0.1, 0.15) is 46.0 Å². The normalized spacial score (nSPS) is 21.8. The molecule has 0 spiro atoms. The summed E-state index contributed by atoms with van der Waals surface area (Å²) in [5, 5.41) is 12.4. The van der Waals surface area contributed by atoms with Crippen LogP contribution in [-0.4, -0.2) is 29.2 Å². The van der Waals surface area contributed by atoms with Gasteiger partial charge in [0, 0.05) is 6.54 Å². The summed E-state index contributed by atoms with van der Waals surface area (Å²) in [5.74, 6) is 0.0484. The molecule has 1 unspecified atom stereocenters. The maximum absolute atomic E-state index is 11.9. The van der Waals surface area contributed by atoms with Crippen molar-refractivity contribution in [2.45, 2.75) is 57.6 Å². The van der Waals surface area contributed by atoms with Gasteiger partial charge in [-0.3, -0.25) is 4.79 Å². The highest BCUT2D eigenvalue weighted by Crippen LogP contribution is 2.25. The Hall–Kier alpha value is -0.610. The second-order valence-corrected chi connectivity index (χ2v) is 5.24. The molecule has 4 heteroatoms. The second-order valence-electron chi connectivity index (χ2n) is 5.24. The van der Waals surface area contributed by atoms with Crippen molar-refractivity contribution in [3.05, 3.63) is 0 Å². The molecule has 4 nitrogen and oxygen atoms in total. The van der Waals surface area contributed by atoms with Crippen molar-refractivity contribution in [2.24, 2.45) is 11.7 Å². The van der Waals surface area contributed by atoms with Crippen molar-refractivity contribution < 1.29 is 9.90 Å². The lowest BCUT2D eigenvalue weighted by molar-refractivity contribution is -0.128. The molecule has 0 saturated heterocycles. The Bertz CT molecular complexity index is 235. The van der Waals surface area contributed by atoms with Gasteiger partial charge in [-0.05, 0) is 18.8 Å². The summed E-state index contributed by atoms with van der Waals surface area (Å²) in [6, 6.07) is 0. The number of hydrogen-bond donors (Lipinski definition) is 3. The van der Waals surface area contributed by atoms with Crippen LogP contribution in [-0.2, 0) is 4.79 Å². The van der Waals surface area contributed by atoms with E-state index in [-0.39, 0.29) is 11.8 Å². The molecule has 0 radical (unpaired) electrons. The van der Waals surface area contributed by atoms with Crippen LogP contribution >= 0.6 is 0 Å². The van der Waals surface area contributed by atoms with E-state index in [0.717, 1.165) is 25.7 Å². The maximum Gasteiger partial charge on any atom is 0.240 e. The molecule has 94 valence electrons. The fourth-order valence-electron chi connectivity index (χ4n) is 2.02. The monoisotopic (exact) mass is 228 g/mol. The number of aliphatic hydroxyl groups is 1. The van der Waals surface area contributed by atoms with E-state index in [1.54, 1.807) is 0 Å². The summed E-state index contributed by atoms with van der Waals surface area (Å²) in [4.78, 5) is 11.9. The van der Waals surface area contributed by atoms with Crippen LogP contribution in [0.3, 0.4) is 0 Å². The van der Waals surface area contributed by atoms with Gasteiger partial charge in [-0.2, -0.15) is 0 Å². The van der Waals surface area contributed by atoms with Crippen LogP contribution in [0.2, 0.25) is 0 Å². The standard InChI is InChI=1S/C12H24N2O2/c1-9(2)10(15)8-14-11(16)12(13)6-4-3-5-7-12/h9-10,15H,3-8,13H2,1-2H3,(H,14,16). The quantitative estimate of drug-likeness (QED) is 0.665. The Morgan fingerprint density at radius 1 is 1.38 bits per heavy atom. The third-order valence-electron chi connectivity index (χ3n) is 3.44.